The Morgan fingerprint density at radius 3 is 2.43 bits per heavy atom. The first-order chi connectivity index (χ1) is 11.2. The van der Waals surface area contributed by atoms with Crippen molar-refractivity contribution >= 4 is 17.3 Å². The molecule has 0 aliphatic heterocycles. The number of thiazole rings is 1. The van der Waals surface area contributed by atoms with Crippen LogP contribution in [0.5, 0.6) is 0 Å². The summed E-state index contributed by atoms with van der Waals surface area (Å²) in [4.78, 5) is 17.1. The molecule has 3 rings (SSSR count). The van der Waals surface area contributed by atoms with Crippen molar-refractivity contribution in [2.45, 2.75) is 6.42 Å². The van der Waals surface area contributed by atoms with Crippen LogP contribution in [-0.4, -0.2) is 18.1 Å². The normalized spacial score (nSPS) is 10.5. The van der Waals surface area contributed by atoms with E-state index in [0.717, 1.165) is 21.0 Å². The molecule has 0 aliphatic carbocycles. The third kappa shape index (κ3) is 3.46. The van der Waals surface area contributed by atoms with Crippen LogP contribution in [-0.2, 0) is 16.0 Å². The molecule has 0 N–H and O–H groups in total. The van der Waals surface area contributed by atoms with Gasteiger partial charge in [-0.25, -0.2) is 9.37 Å². The van der Waals surface area contributed by atoms with Gasteiger partial charge in [-0.1, -0.05) is 30.3 Å². The summed E-state index contributed by atoms with van der Waals surface area (Å²) in [5.41, 5.74) is 2.46. The molecule has 0 aliphatic rings. The van der Waals surface area contributed by atoms with Crippen LogP contribution in [0.1, 0.15) is 4.88 Å². The molecule has 0 spiro atoms. The van der Waals surface area contributed by atoms with Crippen molar-refractivity contribution < 1.29 is 13.9 Å². The molecule has 2 aromatic carbocycles. The van der Waals surface area contributed by atoms with E-state index < -0.39 is 0 Å². The van der Waals surface area contributed by atoms with E-state index in [9.17, 15) is 9.18 Å². The lowest BCUT2D eigenvalue weighted by Gasteiger charge is -2.01. The molecule has 1 aromatic heterocycles. The maximum Gasteiger partial charge on any atom is 0.310 e. The van der Waals surface area contributed by atoms with Gasteiger partial charge in [0.25, 0.3) is 0 Å². The molecule has 116 valence electrons. The smallest absolute Gasteiger partial charge is 0.310 e. The average molecular weight is 327 g/mol. The summed E-state index contributed by atoms with van der Waals surface area (Å²) >= 11 is 1.45. The summed E-state index contributed by atoms with van der Waals surface area (Å²) in [6, 6.07) is 15.9. The van der Waals surface area contributed by atoms with Crippen molar-refractivity contribution in [1.29, 1.82) is 0 Å². The highest BCUT2D eigenvalue weighted by atomic mass is 32.1. The second-order valence-corrected chi connectivity index (χ2v) is 6.00. The first-order valence-electron chi connectivity index (χ1n) is 7.05. The lowest BCUT2D eigenvalue weighted by atomic mass is 10.1. The van der Waals surface area contributed by atoms with E-state index in [1.165, 1.54) is 30.6 Å². The zero-order chi connectivity index (χ0) is 16.2. The second-order valence-electron chi connectivity index (χ2n) is 4.92. The Morgan fingerprint density at radius 1 is 1.09 bits per heavy atom. The Balaban J connectivity index is 2.06. The first-order valence-corrected chi connectivity index (χ1v) is 7.87. The summed E-state index contributed by atoms with van der Waals surface area (Å²) < 4.78 is 17.9. The highest BCUT2D eigenvalue weighted by Crippen LogP contribution is 2.34. The van der Waals surface area contributed by atoms with Crippen molar-refractivity contribution in [3.63, 3.8) is 0 Å². The van der Waals surface area contributed by atoms with Gasteiger partial charge in [0.1, 0.15) is 10.8 Å². The van der Waals surface area contributed by atoms with Gasteiger partial charge in [0.2, 0.25) is 0 Å². The molecule has 0 radical (unpaired) electrons. The highest BCUT2D eigenvalue weighted by Gasteiger charge is 2.17. The van der Waals surface area contributed by atoms with Crippen molar-refractivity contribution in [3.8, 4) is 21.8 Å². The van der Waals surface area contributed by atoms with Crippen LogP contribution >= 0.6 is 11.3 Å². The lowest BCUT2D eigenvalue weighted by Crippen LogP contribution is -2.04. The molecular formula is C18H14FNO2S. The maximum absolute atomic E-state index is 13.1. The van der Waals surface area contributed by atoms with Crippen molar-refractivity contribution in [1.82, 2.24) is 4.98 Å². The number of hydrogen-bond acceptors (Lipinski definition) is 4. The molecule has 0 atom stereocenters. The van der Waals surface area contributed by atoms with Crippen LogP contribution in [0.4, 0.5) is 4.39 Å². The summed E-state index contributed by atoms with van der Waals surface area (Å²) in [7, 11) is 1.36. The Kier molecular flexibility index (Phi) is 4.48. The number of rotatable bonds is 4. The predicted molar refractivity (Wildman–Crippen MR) is 88.7 cm³/mol. The molecule has 3 aromatic rings. The topological polar surface area (TPSA) is 39.2 Å². The van der Waals surface area contributed by atoms with E-state index in [1.807, 2.05) is 30.3 Å². The first kappa shape index (κ1) is 15.4. The molecule has 0 bridgehead atoms. The Morgan fingerprint density at radius 2 is 1.78 bits per heavy atom. The summed E-state index contributed by atoms with van der Waals surface area (Å²) in [5, 5.41) is 0.823. The lowest BCUT2D eigenvalue weighted by molar-refractivity contribution is -0.139. The number of carbonyl (C=O) groups excluding carboxylic acids is 1. The minimum Gasteiger partial charge on any atom is -0.469 e. The van der Waals surface area contributed by atoms with Crippen molar-refractivity contribution in [2.75, 3.05) is 7.11 Å². The van der Waals surface area contributed by atoms with Gasteiger partial charge in [-0.3, -0.25) is 4.79 Å². The van der Waals surface area contributed by atoms with Gasteiger partial charge in [0, 0.05) is 16.0 Å². The molecule has 0 amide bonds. The third-order valence-corrected chi connectivity index (χ3v) is 4.47. The molecular weight excluding hydrogens is 313 g/mol. The SMILES string of the molecule is COC(=O)Cc1sc(-c2ccccc2)nc1-c1ccc(F)cc1. The number of nitrogens with zero attached hydrogens (tertiary/aromatic N) is 1. The van der Waals surface area contributed by atoms with Gasteiger partial charge in [-0.2, -0.15) is 0 Å². The largest absolute Gasteiger partial charge is 0.469 e. The summed E-state index contributed by atoms with van der Waals surface area (Å²) in [6.45, 7) is 0. The molecule has 1 heterocycles. The Labute approximate surface area is 137 Å². The quantitative estimate of drug-likeness (QED) is 0.670. The van der Waals surface area contributed by atoms with Gasteiger partial charge in [-0.05, 0) is 24.3 Å². The Hall–Kier alpha value is -2.53. The van der Waals surface area contributed by atoms with Gasteiger partial charge in [0.05, 0.1) is 19.2 Å². The molecule has 0 saturated carbocycles. The highest BCUT2D eigenvalue weighted by molar-refractivity contribution is 7.15. The van der Waals surface area contributed by atoms with Gasteiger partial charge < -0.3 is 4.74 Å². The van der Waals surface area contributed by atoms with Crippen LogP contribution in [0, 0.1) is 5.82 Å². The van der Waals surface area contributed by atoms with Crippen LogP contribution in [0.2, 0.25) is 0 Å². The monoisotopic (exact) mass is 327 g/mol. The predicted octanol–water partition coefficient (Wildman–Crippen LogP) is 4.33. The number of hydrogen-bond donors (Lipinski definition) is 0. The zero-order valence-corrected chi connectivity index (χ0v) is 13.3. The molecule has 0 fully saturated rings. The van der Waals surface area contributed by atoms with E-state index in [4.69, 9.17) is 4.74 Å². The number of halogens is 1. The van der Waals surface area contributed by atoms with E-state index in [1.54, 1.807) is 12.1 Å². The minimum atomic E-state index is -0.323. The fourth-order valence-corrected chi connectivity index (χ4v) is 3.29. The molecule has 0 saturated heterocycles. The molecule has 5 heteroatoms. The van der Waals surface area contributed by atoms with Gasteiger partial charge in [0.15, 0.2) is 0 Å². The third-order valence-electron chi connectivity index (χ3n) is 3.37. The molecule has 3 nitrogen and oxygen atoms in total. The fraction of sp³-hybridized carbons (Fsp3) is 0.111. The number of aromatic nitrogens is 1. The molecule has 0 unspecified atom stereocenters. The van der Waals surface area contributed by atoms with Crippen molar-refractivity contribution in [3.05, 3.63) is 65.3 Å². The molecule has 23 heavy (non-hydrogen) atoms. The summed E-state index contributed by atoms with van der Waals surface area (Å²) in [6.07, 6.45) is 0.147. The number of methoxy groups -OCH3 is 1. The number of benzene rings is 2. The fourth-order valence-electron chi connectivity index (χ4n) is 2.21. The van der Waals surface area contributed by atoms with Crippen LogP contribution in [0.3, 0.4) is 0 Å². The van der Waals surface area contributed by atoms with Gasteiger partial charge in [-0.15, -0.1) is 11.3 Å². The number of ether oxygens (including phenoxy) is 1. The van der Waals surface area contributed by atoms with Crippen LogP contribution in [0.15, 0.2) is 54.6 Å². The zero-order valence-electron chi connectivity index (χ0n) is 12.5. The van der Waals surface area contributed by atoms with E-state index >= 15 is 0 Å². The van der Waals surface area contributed by atoms with E-state index in [-0.39, 0.29) is 18.2 Å². The van der Waals surface area contributed by atoms with Crippen LogP contribution in [0.25, 0.3) is 21.8 Å². The minimum absolute atomic E-state index is 0.147. The van der Waals surface area contributed by atoms with Gasteiger partial charge >= 0.3 is 5.97 Å². The second kappa shape index (κ2) is 6.71. The van der Waals surface area contributed by atoms with E-state index in [2.05, 4.69) is 4.98 Å². The average Bonchev–Trinajstić information content (AvgIpc) is 3.00. The summed E-state index contributed by atoms with van der Waals surface area (Å²) in [5.74, 6) is -0.626. The van der Waals surface area contributed by atoms with E-state index in [0.29, 0.717) is 5.69 Å². The van der Waals surface area contributed by atoms with Crippen molar-refractivity contribution in [2.24, 2.45) is 0 Å². The number of carbonyl (C=O) groups is 1. The maximum atomic E-state index is 13.1. The standard InChI is InChI=1S/C18H14FNO2S/c1-22-16(21)11-15-17(12-7-9-14(19)10-8-12)20-18(23-15)13-5-3-2-4-6-13/h2-10H,11H2,1H3. The van der Waals surface area contributed by atoms with Crippen LogP contribution < -0.4 is 0 Å². The number of esters is 1. The Bertz CT molecular complexity index is 813.